The number of carboxylic acid groups (broad SMARTS) is 1. The van der Waals surface area contributed by atoms with E-state index in [-0.39, 0.29) is 0 Å². The maximum absolute atomic E-state index is 10.5. The summed E-state index contributed by atoms with van der Waals surface area (Å²) in [6.45, 7) is 10.8. The van der Waals surface area contributed by atoms with Gasteiger partial charge in [-0.3, -0.25) is 0 Å². The Balaban J connectivity index is 1.82. The number of amides is 1. The first-order valence-corrected chi connectivity index (χ1v) is 12.4. The van der Waals surface area contributed by atoms with E-state index >= 15 is 0 Å². The number of carbonyl (C=O) groups is 1. The van der Waals surface area contributed by atoms with Crippen molar-refractivity contribution in [3.8, 4) is 0 Å². The van der Waals surface area contributed by atoms with Gasteiger partial charge in [-0.25, -0.2) is 4.79 Å². The number of likely N-dealkylation sites (tertiary alicyclic amines) is 1. The molecule has 1 aliphatic carbocycles. The molecule has 24 heavy (non-hydrogen) atoms. The van der Waals surface area contributed by atoms with Gasteiger partial charge in [0.05, 0.1) is 6.10 Å². The van der Waals surface area contributed by atoms with Crippen LogP contribution in [0.3, 0.4) is 0 Å². The number of hydrogen-bond donors (Lipinski definition) is 2. The van der Waals surface area contributed by atoms with Crippen molar-refractivity contribution >= 4 is 14.4 Å². The van der Waals surface area contributed by atoms with E-state index in [4.69, 9.17) is 9.53 Å². The van der Waals surface area contributed by atoms with Gasteiger partial charge in [-0.2, -0.15) is 0 Å². The second-order valence-electron chi connectivity index (χ2n) is 7.70. The average molecular weight is 357 g/mol. The van der Waals surface area contributed by atoms with Crippen molar-refractivity contribution in [1.29, 1.82) is 0 Å². The van der Waals surface area contributed by atoms with Crippen LogP contribution < -0.4 is 5.32 Å². The summed E-state index contributed by atoms with van der Waals surface area (Å²) in [4.78, 5) is 13.0. The third-order valence-corrected chi connectivity index (χ3v) is 11.1. The maximum atomic E-state index is 10.5. The number of nitrogens with zero attached hydrogens (tertiary/aromatic N) is 1. The minimum absolute atomic E-state index is 0.440. The van der Waals surface area contributed by atoms with E-state index in [1.54, 1.807) is 0 Å². The molecule has 0 bridgehead atoms. The summed E-state index contributed by atoms with van der Waals surface area (Å²) in [7, 11) is -1.54. The second kappa shape index (κ2) is 8.67. The average Bonchev–Trinajstić information content (AvgIpc) is 3.35. The van der Waals surface area contributed by atoms with Crippen LogP contribution >= 0.6 is 0 Å². The van der Waals surface area contributed by atoms with Crippen molar-refractivity contribution in [3.05, 3.63) is 0 Å². The molecule has 1 saturated heterocycles. The number of nitrogens with one attached hydrogen (secondary N) is 1. The van der Waals surface area contributed by atoms with Gasteiger partial charge < -0.3 is 19.7 Å². The molecule has 1 saturated carbocycles. The summed E-state index contributed by atoms with van der Waals surface area (Å²) in [6.07, 6.45) is 5.49. The van der Waals surface area contributed by atoms with Crippen LogP contribution in [-0.2, 0) is 4.43 Å². The quantitative estimate of drug-likeness (QED) is 0.460. The summed E-state index contributed by atoms with van der Waals surface area (Å²) in [5.41, 5.74) is 0.499. The highest BCUT2D eigenvalue weighted by Crippen LogP contribution is 2.55. The van der Waals surface area contributed by atoms with E-state index in [2.05, 4.69) is 31.0 Å². The highest BCUT2D eigenvalue weighted by atomic mass is 28.4. The van der Waals surface area contributed by atoms with E-state index in [1.165, 1.54) is 43.9 Å². The first-order valence-electron chi connectivity index (χ1n) is 9.86. The van der Waals surface area contributed by atoms with Gasteiger partial charge >= 0.3 is 6.09 Å². The van der Waals surface area contributed by atoms with Crippen LogP contribution in [0.1, 0.15) is 52.9 Å². The fourth-order valence-corrected chi connectivity index (χ4v) is 7.04. The van der Waals surface area contributed by atoms with Crippen molar-refractivity contribution in [2.75, 3.05) is 26.2 Å². The van der Waals surface area contributed by atoms with Crippen LogP contribution in [-0.4, -0.2) is 56.7 Å². The molecule has 2 N–H and O–H groups in total. The van der Waals surface area contributed by atoms with Gasteiger partial charge in [-0.05, 0) is 68.7 Å². The number of piperidine rings is 1. The highest BCUT2D eigenvalue weighted by molar-refractivity contribution is 6.73. The lowest BCUT2D eigenvalue weighted by atomic mass is 9.90. The maximum Gasteiger partial charge on any atom is 0.404 e. The van der Waals surface area contributed by atoms with E-state index in [0.717, 1.165) is 25.9 Å². The molecule has 1 spiro atoms. The SMILES string of the molecule is CC[Si](CC)(CC)O[C@@H]1CN(CCCCNC(=O)O)CCC12CC2. The summed E-state index contributed by atoms with van der Waals surface area (Å²) in [5.74, 6) is 0. The molecule has 5 nitrogen and oxygen atoms in total. The largest absolute Gasteiger partial charge is 0.465 e. The molecule has 140 valence electrons. The molecule has 0 unspecified atom stereocenters. The lowest BCUT2D eigenvalue weighted by molar-refractivity contribution is 0.0180. The molecule has 2 aliphatic rings. The monoisotopic (exact) mass is 356 g/mol. The molecule has 0 radical (unpaired) electrons. The molecule has 0 aromatic heterocycles. The Morgan fingerprint density at radius 2 is 1.88 bits per heavy atom. The zero-order chi connectivity index (χ0) is 17.6. The van der Waals surface area contributed by atoms with Crippen LogP contribution in [0.2, 0.25) is 18.1 Å². The van der Waals surface area contributed by atoms with Gasteiger partial charge in [-0.1, -0.05) is 20.8 Å². The summed E-state index contributed by atoms with van der Waals surface area (Å²) >= 11 is 0. The number of hydrogen-bond acceptors (Lipinski definition) is 3. The van der Waals surface area contributed by atoms with Crippen molar-refractivity contribution in [2.45, 2.75) is 77.1 Å². The van der Waals surface area contributed by atoms with Crippen LogP contribution in [0, 0.1) is 5.41 Å². The van der Waals surface area contributed by atoms with E-state index < -0.39 is 14.4 Å². The smallest absolute Gasteiger partial charge is 0.404 e. The highest BCUT2D eigenvalue weighted by Gasteiger charge is 2.54. The third-order valence-electron chi connectivity index (χ3n) is 6.43. The molecule has 0 aromatic rings. The molecule has 6 heteroatoms. The van der Waals surface area contributed by atoms with Crippen LogP contribution in [0.4, 0.5) is 4.79 Å². The zero-order valence-electron chi connectivity index (χ0n) is 15.8. The van der Waals surface area contributed by atoms with Crippen molar-refractivity contribution in [3.63, 3.8) is 0 Å². The fraction of sp³-hybridized carbons (Fsp3) is 0.944. The number of rotatable bonds is 10. The Hall–Kier alpha value is -0.593. The molecule has 2 rings (SSSR count). The van der Waals surface area contributed by atoms with Gasteiger partial charge in [0.1, 0.15) is 0 Å². The lowest BCUT2D eigenvalue weighted by Crippen LogP contribution is -2.52. The predicted molar refractivity (Wildman–Crippen MR) is 100 cm³/mol. The van der Waals surface area contributed by atoms with Crippen LogP contribution in [0.25, 0.3) is 0 Å². The second-order valence-corrected chi connectivity index (χ2v) is 12.4. The normalized spacial score (nSPS) is 23.4. The minimum Gasteiger partial charge on any atom is -0.465 e. The Kier molecular flexibility index (Phi) is 7.13. The van der Waals surface area contributed by atoms with Gasteiger partial charge in [0, 0.05) is 13.1 Å². The summed E-state index contributed by atoms with van der Waals surface area (Å²) in [6, 6.07) is 3.69. The van der Waals surface area contributed by atoms with E-state index in [1.807, 2.05) is 0 Å². The summed E-state index contributed by atoms with van der Waals surface area (Å²) in [5, 5.41) is 11.1. The molecule has 1 atom stereocenters. The molecule has 1 heterocycles. The van der Waals surface area contributed by atoms with Crippen molar-refractivity contribution in [1.82, 2.24) is 10.2 Å². The predicted octanol–water partition coefficient (Wildman–Crippen LogP) is 3.91. The summed E-state index contributed by atoms with van der Waals surface area (Å²) < 4.78 is 6.90. The molecule has 2 fully saturated rings. The van der Waals surface area contributed by atoms with Gasteiger partial charge in [0.2, 0.25) is 0 Å². The minimum atomic E-state index is -1.54. The van der Waals surface area contributed by atoms with Crippen molar-refractivity contribution in [2.24, 2.45) is 5.41 Å². The van der Waals surface area contributed by atoms with E-state index in [0.29, 0.717) is 18.1 Å². The van der Waals surface area contributed by atoms with Gasteiger partial charge in [0.25, 0.3) is 0 Å². The Morgan fingerprint density at radius 1 is 1.21 bits per heavy atom. The molecule has 0 aromatic carbocycles. The zero-order valence-corrected chi connectivity index (χ0v) is 16.8. The van der Waals surface area contributed by atoms with Crippen molar-refractivity contribution < 1.29 is 14.3 Å². The van der Waals surface area contributed by atoms with Crippen LogP contribution in [0.15, 0.2) is 0 Å². The first kappa shape index (κ1) is 19.7. The molecule has 1 aliphatic heterocycles. The lowest BCUT2D eigenvalue weighted by Gasteiger charge is -2.44. The third kappa shape index (κ3) is 4.96. The van der Waals surface area contributed by atoms with Gasteiger partial charge in [-0.15, -0.1) is 0 Å². The standard InChI is InChI=1S/C18H36N2O3Si/c1-4-24(5-2,6-3)23-16-15-20(14-11-18(16)9-10-18)13-8-7-12-19-17(21)22/h16,19H,4-15H2,1-3H3,(H,21,22)/t16-/m1/s1. The van der Waals surface area contributed by atoms with E-state index in [9.17, 15) is 4.79 Å². The number of unbranched alkanes of at least 4 members (excludes halogenated alkanes) is 1. The molecule has 1 amide bonds. The Bertz CT molecular complexity index is 403. The van der Waals surface area contributed by atoms with Gasteiger partial charge in [0.15, 0.2) is 8.32 Å². The Labute approximate surface area is 148 Å². The Morgan fingerprint density at radius 3 is 2.42 bits per heavy atom. The van der Waals surface area contributed by atoms with Crippen LogP contribution in [0.5, 0.6) is 0 Å². The fourth-order valence-electron chi connectivity index (χ4n) is 4.12. The molecular weight excluding hydrogens is 320 g/mol. The first-order chi connectivity index (χ1) is 11.5. The molecular formula is C18H36N2O3Si. The topological polar surface area (TPSA) is 61.8 Å².